The van der Waals surface area contributed by atoms with Gasteiger partial charge in [-0.1, -0.05) is 0 Å². The lowest BCUT2D eigenvalue weighted by Crippen LogP contribution is -2.68. The predicted octanol–water partition coefficient (Wildman–Crippen LogP) is 3.39. The zero-order valence-electron chi connectivity index (χ0n) is 18.0. The molecule has 4 heterocycles. The van der Waals surface area contributed by atoms with Crippen LogP contribution in [0.2, 0.25) is 0 Å². The van der Waals surface area contributed by atoms with E-state index >= 15 is 0 Å². The van der Waals surface area contributed by atoms with E-state index in [2.05, 4.69) is 69.4 Å². The van der Waals surface area contributed by atoms with Crippen LogP contribution in [-0.2, 0) is 61.0 Å². The van der Waals surface area contributed by atoms with E-state index < -0.39 is 23.1 Å². The molecule has 10 heteroatoms. The van der Waals surface area contributed by atoms with Crippen LogP contribution in [0.4, 0.5) is 0 Å². The second kappa shape index (κ2) is 7.11. The molecule has 0 N–H and O–H groups in total. The Kier molecular flexibility index (Phi) is 4.53. The number of hydrogen-bond donors (Lipinski definition) is 0. The van der Waals surface area contributed by atoms with E-state index in [0.717, 1.165) is 40.5 Å². The average Bonchev–Trinajstić information content (AvgIpc) is 2.87. The Morgan fingerprint density at radius 1 is 0.412 bits per heavy atom. The van der Waals surface area contributed by atoms with Crippen molar-refractivity contribution in [3.63, 3.8) is 0 Å². The van der Waals surface area contributed by atoms with Crippen molar-refractivity contribution in [2.24, 2.45) is 0 Å². The van der Waals surface area contributed by atoms with Gasteiger partial charge >= 0.3 is 0 Å². The highest BCUT2D eigenvalue weighted by Gasteiger charge is 2.73. The molecule has 8 rings (SSSR count). The van der Waals surface area contributed by atoms with Gasteiger partial charge in [0, 0.05) is 40.5 Å². The SMILES string of the molecule is Ic1cc2c3c(c1)C14OCCOC1(OCCO4)c1cc(I)cc(c1-3)C13OCCOC21OCCO3. The predicted molar refractivity (Wildman–Crippen MR) is 132 cm³/mol. The molecule has 0 spiro atoms. The molecular formula is C24H20I2O8. The summed E-state index contributed by atoms with van der Waals surface area (Å²) in [6.45, 7) is 3.16. The molecule has 4 fully saturated rings. The van der Waals surface area contributed by atoms with Gasteiger partial charge in [-0.05, 0) is 69.4 Å². The quantitative estimate of drug-likeness (QED) is 0.390. The molecule has 0 amide bonds. The third-order valence-electron chi connectivity index (χ3n) is 7.52. The molecule has 4 aliphatic heterocycles. The molecule has 2 aromatic rings. The standard InChI is InChI=1S/C24H20I2O8/c25-13-9-15-19-17(11-13)23-24(33-7-5-31-23,34-8-6-32-23)18-12-14(26)10-16(20(18)19)22-21(15,27-1-2-28-22)29-3-4-30-22/h9-12H,1-8H2. The Hall–Kier alpha value is -0.420. The van der Waals surface area contributed by atoms with E-state index in [1.54, 1.807) is 0 Å². The fourth-order valence-electron chi connectivity index (χ4n) is 6.53. The van der Waals surface area contributed by atoms with Crippen molar-refractivity contribution in [3.05, 3.63) is 53.7 Å². The molecule has 34 heavy (non-hydrogen) atoms. The van der Waals surface area contributed by atoms with E-state index in [1.165, 1.54) is 0 Å². The van der Waals surface area contributed by atoms with E-state index in [0.29, 0.717) is 52.9 Å². The van der Waals surface area contributed by atoms with Gasteiger partial charge in [0.05, 0.1) is 52.9 Å². The molecule has 8 nitrogen and oxygen atoms in total. The first kappa shape index (κ1) is 21.6. The number of halogens is 2. The first-order valence-electron chi connectivity index (χ1n) is 11.4. The van der Waals surface area contributed by atoms with Crippen LogP contribution in [0.3, 0.4) is 0 Å². The van der Waals surface area contributed by atoms with Gasteiger partial charge in [-0.25, -0.2) is 0 Å². The minimum absolute atomic E-state index is 0.395. The van der Waals surface area contributed by atoms with Crippen LogP contribution in [0.15, 0.2) is 24.3 Å². The van der Waals surface area contributed by atoms with Gasteiger partial charge in [-0.15, -0.1) is 0 Å². The summed E-state index contributed by atoms with van der Waals surface area (Å²) in [5.74, 6) is -4.98. The summed E-state index contributed by atoms with van der Waals surface area (Å²) in [5, 5.41) is 0. The van der Waals surface area contributed by atoms with E-state index in [-0.39, 0.29) is 0 Å². The van der Waals surface area contributed by atoms with Crippen molar-refractivity contribution in [1.82, 2.24) is 0 Å². The Bertz CT molecular complexity index is 1040. The first-order chi connectivity index (χ1) is 16.6. The van der Waals surface area contributed by atoms with Crippen molar-refractivity contribution in [3.8, 4) is 11.1 Å². The molecule has 0 aromatic heterocycles. The number of hydrogen-bond acceptors (Lipinski definition) is 8. The summed E-state index contributed by atoms with van der Waals surface area (Å²) in [7, 11) is 0. The summed E-state index contributed by atoms with van der Waals surface area (Å²) >= 11 is 4.63. The maximum atomic E-state index is 6.51. The third kappa shape index (κ3) is 2.29. The highest BCUT2D eigenvalue weighted by Crippen LogP contribution is 2.68. The maximum Gasteiger partial charge on any atom is 0.256 e. The Morgan fingerprint density at radius 2 is 0.618 bits per heavy atom. The Balaban J connectivity index is 1.58. The summed E-state index contributed by atoms with van der Waals surface area (Å²) in [6, 6.07) is 8.39. The minimum Gasteiger partial charge on any atom is -0.339 e. The molecule has 0 saturated carbocycles. The summed E-state index contributed by atoms with van der Waals surface area (Å²) in [5.41, 5.74) is 5.34. The van der Waals surface area contributed by atoms with Crippen molar-refractivity contribution >= 4 is 45.2 Å². The van der Waals surface area contributed by atoms with E-state index in [9.17, 15) is 0 Å². The van der Waals surface area contributed by atoms with Gasteiger partial charge in [0.2, 0.25) is 0 Å². The monoisotopic (exact) mass is 690 g/mol. The largest absolute Gasteiger partial charge is 0.339 e. The second-order valence-electron chi connectivity index (χ2n) is 9.01. The summed E-state index contributed by atoms with van der Waals surface area (Å²) in [4.78, 5) is 0. The maximum absolute atomic E-state index is 6.51. The van der Waals surface area contributed by atoms with Gasteiger partial charge in [-0.3, -0.25) is 0 Å². The molecule has 0 radical (unpaired) electrons. The zero-order valence-corrected chi connectivity index (χ0v) is 22.3. The van der Waals surface area contributed by atoms with Crippen LogP contribution in [0, 0.1) is 7.14 Å². The molecule has 178 valence electrons. The molecule has 2 aliphatic carbocycles. The average molecular weight is 690 g/mol. The first-order valence-corrected chi connectivity index (χ1v) is 13.5. The van der Waals surface area contributed by atoms with Crippen molar-refractivity contribution in [1.29, 1.82) is 0 Å². The van der Waals surface area contributed by atoms with Gasteiger partial charge in [-0.2, -0.15) is 0 Å². The lowest BCUT2D eigenvalue weighted by atomic mass is 9.66. The van der Waals surface area contributed by atoms with Crippen LogP contribution >= 0.6 is 45.2 Å². The molecule has 2 aromatic carbocycles. The van der Waals surface area contributed by atoms with Gasteiger partial charge in [0.15, 0.2) is 0 Å². The molecule has 6 aliphatic rings. The fourth-order valence-corrected chi connectivity index (χ4v) is 7.78. The zero-order chi connectivity index (χ0) is 22.8. The van der Waals surface area contributed by atoms with Crippen LogP contribution in [0.1, 0.15) is 22.3 Å². The van der Waals surface area contributed by atoms with Crippen LogP contribution in [0.25, 0.3) is 11.1 Å². The molecule has 0 unspecified atom stereocenters. The molecular weight excluding hydrogens is 670 g/mol. The van der Waals surface area contributed by atoms with Gasteiger partial charge in [0.25, 0.3) is 23.1 Å². The fraction of sp³-hybridized carbons (Fsp3) is 0.500. The van der Waals surface area contributed by atoms with Crippen LogP contribution in [-0.4, -0.2) is 52.9 Å². The number of rotatable bonds is 0. The topological polar surface area (TPSA) is 73.8 Å². The second-order valence-corrected chi connectivity index (χ2v) is 11.5. The summed E-state index contributed by atoms with van der Waals surface area (Å²) < 4.78 is 54.0. The highest BCUT2D eigenvalue weighted by atomic mass is 127. The van der Waals surface area contributed by atoms with E-state index in [1.807, 2.05) is 0 Å². The lowest BCUT2D eigenvalue weighted by molar-refractivity contribution is -0.488. The normalized spacial score (nSPS) is 39.2. The number of benzene rings is 2. The number of ether oxygens (including phenoxy) is 8. The molecule has 4 saturated heterocycles. The van der Waals surface area contributed by atoms with Crippen molar-refractivity contribution in [2.75, 3.05) is 52.9 Å². The minimum atomic E-state index is -1.24. The third-order valence-corrected chi connectivity index (χ3v) is 8.76. The van der Waals surface area contributed by atoms with Crippen LogP contribution < -0.4 is 0 Å². The van der Waals surface area contributed by atoms with Crippen molar-refractivity contribution < 1.29 is 37.9 Å². The van der Waals surface area contributed by atoms with Crippen LogP contribution in [0.5, 0.6) is 0 Å². The Labute approximate surface area is 222 Å². The van der Waals surface area contributed by atoms with E-state index in [4.69, 9.17) is 37.9 Å². The highest BCUT2D eigenvalue weighted by molar-refractivity contribution is 14.1. The molecule has 0 atom stereocenters. The smallest absolute Gasteiger partial charge is 0.256 e. The Morgan fingerprint density at radius 3 is 0.824 bits per heavy atom. The van der Waals surface area contributed by atoms with Gasteiger partial charge < -0.3 is 37.9 Å². The van der Waals surface area contributed by atoms with Gasteiger partial charge in [0.1, 0.15) is 0 Å². The summed E-state index contributed by atoms with van der Waals surface area (Å²) in [6.07, 6.45) is 0. The van der Waals surface area contributed by atoms with Crippen molar-refractivity contribution in [2.45, 2.75) is 23.1 Å². The lowest BCUT2D eigenvalue weighted by Gasteiger charge is -2.61. The molecule has 0 bridgehead atoms.